The Bertz CT molecular complexity index is 982. The number of carbonyl (C=O) groups excluding carboxylic acids is 2. The summed E-state index contributed by atoms with van der Waals surface area (Å²) < 4.78 is 10.4. The fraction of sp³-hybridized carbons (Fsp3) is 0.227. The van der Waals surface area contributed by atoms with Crippen LogP contribution >= 0.6 is 11.3 Å². The minimum atomic E-state index is -0.385. The van der Waals surface area contributed by atoms with Gasteiger partial charge < -0.3 is 9.47 Å². The Morgan fingerprint density at radius 3 is 2.62 bits per heavy atom. The molecule has 2 aromatic carbocycles. The number of unbranched alkanes of at least 4 members (excludes halogenated alkanes) is 1. The largest absolute Gasteiger partial charge is 0.494 e. The molecule has 1 heterocycles. The Balaban J connectivity index is 1.66. The van der Waals surface area contributed by atoms with Crippen molar-refractivity contribution in [2.24, 2.45) is 0 Å². The van der Waals surface area contributed by atoms with Gasteiger partial charge in [-0.3, -0.25) is 10.1 Å². The highest BCUT2D eigenvalue weighted by Gasteiger charge is 2.12. The van der Waals surface area contributed by atoms with Crippen LogP contribution in [0.1, 0.15) is 40.5 Å². The lowest BCUT2D eigenvalue weighted by atomic mass is 10.1. The molecule has 0 aliphatic rings. The molecule has 150 valence electrons. The summed E-state index contributed by atoms with van der Waals surface area (Å²) in [5.41, 5.74) is 2.55. The summed E-state index contributed by atoms with van der Waals surface area (Å²) in [5, 5.41) is 5.17. The summed E-state index contributed by atoms with van der Waals surface area (Å²) in [5.74, 6) is 0.0492. The van der Waals surface area contributed by atoms with Crippen molar-refractivity contribution < 1.29 is 19.1 Å². The molecule has 0 saturated heterocycles. The summed E-state index contributed by atoms with van der Waals surface area (Å²) in [4.78, 5) is 28.5. The van der Waals surface area contributed by atoms with Crippen molar-refractivity contribution in [3.05, 3.63) is 65.0 Å². The molecule has 3 aromatic rings. The van der Waals surface area contributed by atoms with Crippen molar-refractivity contribution >= 4 is 28.3 Å². The van der Waals surface area contributed by atoms with E-state index in [2.05, 4.69) is 17.2 Å². The average molecular weight is 410 g/mol. The third-order valence-corrected chi connectivity index (χ3v) is 4.95. The first-order chi connectivity index (χ1) is 14.1. The lowest BCUT2D eigenvalue weighted by Gasteiger charge is -2.07. The summed E-state index contributed by atoms with van der Waals surface area (Å²) in [6.07, 6.45) is 2.02. The van der Waals surface area contributed by atoms with Crippen molar-refractivity contribution in [1.82, 2.24) is 4.98 Å². The maximum Gasteiger partial charge on any atom is 0.337 e. The van der Waals surface area contributed by atoms with Gasteiger partial charge in [-0.1, -0.05) is 31.5 Å². The molecule has 0 unspecified atom stereocenters. The third-order valence-electron chi connectivity index (χ3n) is 4.19. The molecular formula is C22H22N2O4S. The van der Waals surface area contributed by atoms with Crippen molar-refractivity contribution in [1.29, 1.82) is 0 Å². The van der Waals surface area contributed by atoms with Gasteiger partial charge in [-0.05, 0) is 36.8 Å². The summed E-state index contributed by atoms with van der Waals surface area (Å²) >= 11 is 1.34. The first-order valence-corrected chi connectivity index (χ1v) is 10.2. The van der Waals surface area contributed by atoms with E-state index in [1.54, 1.807) is 42.5 Å². The SMILES string of the molecule is CCCCOc1cccc(C(=O)Nc2nc(-c3ccc(C(=O)OC)cc3)cs2)c1. The van der Waals surface area contributed by atoms with Crippen molar-refractivity contribution in [3.8, 4) is 17.0 Å². The predicted octanol–water partition coefficient (Wildman–Crippen LogP) is 5.03. The van der Waals surface area contributed by atoms with E-state index in [9.17, 15) is 9.59 Å². The number of hydrogen-bond donors (Lipinski definition) is 1. The zero-order valence-corrected chi connectivity index (χ0v) is 17.1. The number of ether oxygens (including phenoxy) is 2. The van der Waals surface area contributed by atoms with Crippen LogP contribution < -0.4 is 10.1 Å². The Morgan fingerprint density at radius 2 is 1.90 bits per heavy atom. The lowest BCUT2D eigenvalue weighted by molar-refractivity contribution is 0.0600. The fourth-order valence-corrected chi connectivity index (χ4v) is 3.30. The standard InChI is InChI=1S/C22H22N2O4S/c1-3-4-12-28-18-7-5-6-17(13-18)20(25)24-22-23-19(14-29-22)15-8-10-16(11-9-15)21(26)27-2/h5-11,13-14H,3-4,12H2,1-2H3,(H,23,24,25). The van der Waals surface area contributed by atoms with Gasteiger partial charge in [-0.15, -0.1) is 11.3 Å². The topological polar surface area (TPSA) is 77.5 Å². The molecule has 0 atom stereocenters. The molecule has 6 nitrogen and oxygen atoms in total. The number of nitrogens with zero attached hydrogens (tertiary/aromatic N) is 1. The number of aromatic nitrogens is 1. The quantitative estimate of drug-likeness (QED) is 0.416. The minimum Gasteiger partial charge on any atom is -0.494 e. The molecule has 7 heteroatoms. The molecule has 1 aromatic heterocycles. The number of methoxy groups -OCH3 is 1. The van der Waals surface area contributed by atoms with Crippen LogP contribution in [-0.2, 0) is 4.74 Å². The van der Waals surface area contributed by atoms with E-state index in [-0.39, 0.29) is 11.9 Å². The number of rotatable bonds is 8. The smallest absolute Gasteiger partial charge is 0.337 e. The average Bonchev–Trinajstić information content (AvgIpc) is 3.22. The highest BCUT2D eigenvalue weighted by molar-refractivity contribution is 7.14. The number of hydrogen-bond acceptors (Lipinski definition) is 6. The number of nitrogens with one attached hydrogen (secondary N) is 1. The Hall–Kier alpha value is -3.19. The number of esters is 1. The second-order valence-corrected chi connectivity index (χ2v) is 7.15. The van der Waals surface area contributed by atoms with Gasteiger partial charge in [0.2, 0.25) is 0 Å². The van der Waals surface area contributed by atoms with Crippen molar-refractivity contribution in [2.75, 3.05) is 19.0 Å². The second kappa shape index (κ2) is 9.84. The van der Waals surface area contributed by atoms with Crippen LogP contribution in [0.5, 0.6) is 5.75 Å². The van der Waals surface area contributed by atoms with Gasteiger partial charge in [0.25, 0.3) is 5.91 Å². The van der Waals surface area contributed by atoms with Gasteiger partial charge >= 0.3 is 5.97 Å². The van der Waals surface area contributed by atoms with Crippen LogP contribution in [-0.4, -0.2) is 30.6 Å². The summed E-state index contributed by atoms with van der Waals surface area (Å²) in [7, 11) is 1.35. The molecule has 0 aliphatic carbocycles. The lowest BCUT2D eigenvalue weighted by Crippen LogP contribution is -2.11. The molecule has 1 amide bonds. The highest BCUT2D eigenvalue weighted by atomic mass is 32.1. The first-order valence-electron chi connectivity index (χ1n) is 9.29. The van der Waals surface area contributed by atoms with Crippen LogP contribution in [0.4, 0.5) is 5.13 Å². The van der Waals surface area contributed by atoms with E-state index in [1.165, 1.54) is 18.4 Å². The Kier molecular flexibility index (Phi) is 6.97. The normalized spacial score (nSPS) is 10.4. The maximum atomic E-state index is 12.5. The molecule has 0 fully saturated rings. The molecule has 29 heavy (non-hydrogen) atoms. The molecule has 0 aliphatic heterocycles. The van der Waals surface area contributed by atoms with Crippen LogP contribution in [0.3, 0.4) is 0 Å². The van der Waals surface area contributed by atoms with E-state index >= 15 is 0 Å². The van der Waals surface area contributed by atoms with E-state index in [1.807, 2.05) is 11.4 Å². The van der Waals surface area contributed by atoms with E-state index in [0.29, 0.717) is 28.6 Å². The monoisotopic (exact) mass is 410 g/mol. The van der Waals surface area contributed by atoms with E-state index < -0.39 is 0 Å². The highest BCUT2D eigenvalue weighted by Crippen LogP contribution is 2.26. The number of benzene rings is 2. The summed E-state index contributed by atoms with van der Waals surface area (Å²) in [6.45, 7) is 2.73. The molecule has 0 spiro atoms. The number of thiazole rings is 1. The van der Waals surface area contributed by atoms with Crippen LogP contribution in [0.15, 0.2) is 53.9 Å². The Labute approximate surface area is 173 Å². The minimum absolute atomic E-state index is 0.243. The molecule has 0 saturated carbocycles. The van der Waals surface area contributed by atoms with Gasteiger partial charge in [0.05, 0.1) is 25.0 Å². The molecule has 0 radical (unpaired) electrons. The second-order valence-electron chi connectivity index (χ2n) is 6.29. The van der Waals surface area contributed by atoms with E-state index in [0.717, 1.165) is 24.1 Å². The molecule has 1 N–H and O–H groups in total. The van der Waals surface area contributed by atoms with Crippen molar-refractivity contribution in [2.45, 2.75) is 19.8 Å². The van der Waals surface area contributed by atoms with Crippen LogP contribution in [0.25, 0.3) is 11.3 Å². The molecule has 0 bridgehead atoms. The van der Waals surface area contributed by atoms with Crippen LogP contribution in [0.2, 0.25) is 0 Å². The molecule has 3 rings (SSSR count). The van der Waals surface area contributed by atoms with E-state index in [4.69, 9.17) is 9.47 Å². The van der Waals surface area contributed by atoms with Gasteiger partial charge in [-0.25, -0.2) is 9.78 Å². The number of anilines is 1. The van der Waals surface area contributed by atoms with Gasteiger partial charge in [0, 0.05) is 16.5 Å². The third kappa shape index (κ3) is 5.42. The van der Waals surface area contributed by atoms with Gasteiger partial charge in [0.15, 0.2) is 5.13 Å². The zero-order chi connectivity index (χ0) is 20.6. The first kappa shape index (κ1) is 20.5. The zero-order valence-electron chi connectivity index (χ0n) is 16.3. The Morgan fingerprint density at radius 1 is 1.10 bits per heavy atom. The fourth-order valence-electron chi connectivity index (χ4n) is 2.59. The maximum absolute atomic E-state index is 12.5. The molecular weight excluding hydrogens is 388 g/mol. The summed E-state index contributed by atoms with van der Waals surface area (Å²) in [6, 6.07) is 14.1. The van der Waals surface area contributed by atoms with Crippen molar-refractivity contribution in [3.63, 3.8) is 0 Å². The number of amides is 1. The predicted molar refractivity (Wildman–Crippen MR) is 114 cm³/mol. The van der Waals surface area contributed by atoms with Gasteiger partial charge in [0.1, 0.15) is 5.75 Å². The number of carbonyl (C=O) groups is 2. The van der Waals surface area contributed by atoms with Crippen LogP contribution in [0, 0.1) is 0 Å². The van der Waals surface area contributed by atoms with Gasteiger partial charge in [-0.2, -0.15) is 0 Å².